The number of terminal acetylenes is 1. The average molecular weight is 344 g/mol. The molecule has 26 heavy (non-hydrogen) atoms. The van der Waals surface area contributed by atoms with Gasteiger partial charge >= 0.3 is 0 Å². The lowest BCUT2D eigenvalue weighted by atomic mass is 10.2. The second kappa shape index (κ2) is 7.81. The third kappa shape index (κ3) is 3.97. The lowest BCUT2D eigenvalue weighted by molar-refractivity contribution is -0.111. The van der Waals surface area contributed by atoms with Gasteiger partial charge in [-0.25, -0.2) is 9.97 Å². The summed E-state index contributed by atoms with van der Waals surface area (Å²) in [5.41, 5.74) is 2.14. The topological polar surface area (TPSA) is 76.1 Å². The van der Waals surface area contributed by atoms with Crippen molar-refractivity contribution in [2.75, 3.05) is 17.2 Å². The molecule has 1 heterocycles. The zero-order valence-electron chi connectivity index (χ0n) is 13.9. The van der Waals surface area contributed by atoms with Gasteiger partial charge in [-0.1, -0.05) is 18.6 Å². The zero-order chi connectivity index (χ0) is 18.4. The molecule has 6 nitrogen and oxygen atoms in total. The van der Waals surface area contributed by atoms with Crippen molar-refractivity contribution in [2.45, 2.75) is 0 Å². The molecule has 1 aromatic heterocycles. The Balaban J connectivity index is 1.87. The molecular weight excluding hydrogens is 328 g/mol. The Kier molecular flexibility index (Phi) is 5.11. The normalized spacial score (nSPS) is 9.96. The standard InChI is InChI=1S/C20H16N4O2/c1-3-10-26-16-7-5-6-14(11-16)24-20-17-9-8-15(23-19(25)4-2)12-18(17)21-13-22-20/h1,4-9,11-13H,2,10H2,(H,23,25)(H,21,22,24). The number of ether oxygens (including phenoxy) is 1. The first-order valence-corrected chi connectivity index (χ1v) is 7.81. The number of anilines is 3. The Hall–Kier alpha value is -3.85. The summed E-state index contributed by atoms with van der Waals surface area (Å²) in [6, 6.07) is 12.8. The van der Waals surface area contributed by atoms with Crippen LogP contribution in [0.4, 0.5) is 17.2 Å². The second-order valence-electron chi connectivity index (χ2n) is 5.29. The van der Waals surface area contributed by atoms with Gasteiger partial charge in [0.15, 0.2) is 0 Å². The third-order valence-corrected chi connectivity index (χ3v) is 3.51. The highest BCUT2D eigenvalue weighted by atomic mass is 16.5. The van der Waals surface area contributed by atoms with Crippen LogP contribution in [0.15, 0.2) is 61.4 Å². The van der Waals surface area contributed by atoms with Crippen LogP contribution in [0, 0.1) is 12.3 Å². The van der Waals surface area contributed by atoms with Gasteiger partial charge in [0.1, 0.15) is 24.5 Å². The maximum absolute atomic E-state index is 11.4. The number of aromatic nitrogens is 2. The minimum absolute atomic E-state index is 0.207. The summed E-state index contributed by atoms with van der Waals surface area (Å²) in [6.07, 6.45) is 7.89. The van der Waals surface area contributed by atoms with Crippen molar-refractivity contribution in [2.24, 2.45) is 0 Å². The van der Waals surface area contributed by atoms with Gasteiger partial charge in [0.2, 0.25) is 5.91 Å². The number of carbonyl (C=O) groups excluding carboxylic acids is 1. The van der Waals surface area contributed by atoms with Crippen molar-refractivity contribution in [3.63, 3.8) is 0 Å². The number of benzene rings is 2. The first-order chi connectivity index (χ1) is 12.7. The van der Waals surface area contributed by atoms with E-state index < -0.39 is 0 Å². The molecule has 3 rings (SSSR count). The summed E-state index contributed by atoms with van der Waals surface area (Å²) in [7, 11) is 0. The SMILES string of the molecule is C#CCOc1cccc(Nc2ncnc3cc(NC(=O)C=C)ccc23)c1. The predicted octanol–water partition coefficient (Wildman–Crippen LogP) is 3.51. The van der Waals surface area contributed by atoms with E-state index >= 15 is 0 Å². The molecule has 128 valence electrons. The molecule has 0 spiro atoms. The van der Waals surface area contributed by atoms with E-state index in [-0.39, 0.29) is 12.5 Å². The summed E-state index contributed by atoms with van der Waals surface area (Å²) in [6.45, 7) is 3.64. The van der Waals surface area contributed by atoms with Crippen molar-refractivity contribution >= 4 is 34.0 Å². The monoisotopic (exact) mass is 344 g/mol. The van der Waals surface area contributed by atoms with Crippen LogP contribution in [-0.4, -0.2) is 22.5 Å². The summed E-state index contributed by atoms with van der Waals surface area (Å²) < 4.78 is 5.43. The Morgan fingerprint density at radius 2 is 2.12 bits per heavy atom. The van der Waals surface area contributed by atoms with Gasteiger partial charge in [0, 0.05) is 22.8 Å². The predicted molar refractivity (Wildman–Crippen MR) is 102 cm³/mol. The van der Waals surface area contributed by atoms with E-state index in [0.717, 1.165) is 11.1 Å². The van der Waals surface area contributed by atoms with Crippen molar-refractivity contribution in [3.05, 3.63) is 61.4 Å². The Bertz CT molecular complexity index is 1010. The molecule has 1 amide bonds. The number of hydrogen-bond acceptors (Lipinski definition) is 5. The van der Waals surface area contributed by atoms with Crippen LogP contribution in [0.3, 0.4) is 0 Å². The molecule has 2 aromatic carbocycles. The van der Waals surface area contributed by atoms with Crippen molar-refractivity contribution in [1.29, 1.82) is 0 Å². The Morgan fingerprint density at radius 1 is 1.23 bits per heavy atom. The van der Waals surface area contributed by atoms with E-state index in [1.54, 1.807) is 12.1 Å². The van der Waals surface area contributed by atoms with Crippen LogP contribution in [0.25, 0.3) is 10.9 Å². The smallest absolute Gasteiger partial charge is 0.247 e. The largest absolute Gasteiger partial charge is 0.481 e. The molecule has 0 radical (unpaired) electrons. The lowest BCUT2D eigenvalue weighted by Crippen LogP contribution is -2.07. The van der Waals surface area contributed by atoms with Crippen molar-refractivity contribution in [3.8, 4) is 18.1 Å². The first-order valence-electron chi connectivity index (χ1n) is 7.81. The van der Waals surface area contributed by atoms with Gasteiger partial charge in [-0.05, 0) is 36.4 Å². The van der Waals surface area contributed by atoms with Crippen LogP contribution in [0.1, 0.15) is 0 Å². The Labute approximate surface area is 150 Å². The molecule has 0 aliphatic heterocycles. The summed E-state index contributed by atoms with van der Waals surface area (Å²) in [5, 5.41) is 6.78. The fraction of sp³-hybridized carbons (Fsp3) is 0.0500. The number of fused-ring (bicyclic) bond motifs is 1. The van der Waals surface area contributed by atoms with Crippen LogP contribution in [-0.2, 0) is 4.79 Å². The number of rotatable bonds is 6. The van der Waals surface area contributed by atoms with Gasteiger partial charge in [-0.2, -0.15) is 0 Å². The molecule has 3 aromatic rings. The quantitative estimate of drug-likeness (QED) is 0.529. The van der Waals surface area contributed by atoms with Gasteiger partial charge in [-0.3, -0.25) is 4.79 Å². The van der Waals surface area contributed by atoms with E-state index in [0.29, 0.717) is 22.8 Å². The zero-order valence-corrected chi connectivity index (χ0v) is 13.9. The molecule has 6 heteroatoms. The molecule has 0 aliphatic carbocycles. The molecule has 0 saturated carbocycles. The summed E-state index contributed by atoms with van der Waals surface area (Å²) in [5.74, 6) is 3.47. The fourth-order valence-electron chi connectivity index (χ4n) is 2.35. The highest BCUT2D eigenvalue weighted by Crippen LogP contribution is 2.26. The van der Waals surface area contributed by atoms with Crippen LogP contribution < -0.4 is 15.4 Å². The maximum Gasteiger partial charge on any atom is 0.247 e. The van der Waals surface area contributed by atoms with Crippen LogP contribution >= 0.6 is 0 Å². The minimum atomic E-state index is -0.277. The maximum atomic E-state index is 11.4. The Morgan fingerprint density at radius 3 is 2.92 bits per heavy atom. The van der Waals surface area contributed by atoms with Crippen LogP contribution in [0.5, 0.6) is 5.75 Å². The van der Waals surface area contributed by atoms with E-state index in [9.17, 15) is 4.79 Å². The first kappa shape index (κ1) is 17.0. The second-order valence-corrected chi connectivity index (χ2v) is 5.29. The number of nitrogens with one attached hydrogen (secondary N) is 2. The average Bonchev–Trinajstić information content (AvgIpc) is 2.66. The molecule has 0 unspecified atom stereocenters. The number of hydrogen-bond donors (Lipinski definition) is 2. The summed E-state index contributed by atoms with van der Waals surface area (Å²) in [4.78, 5) is 20.0. The van der Waals surface area contributed by atoms with E-state index in [1.165, 1.54) is 12.4 Å². The van der Waals surface area contributed by atoms with Crippen molar-refractivity contribution in [1.82, 2.24) is 9.97 Å². The third-order valence-electron chi connectivity index (χ3n) is 3.51. The van der Waals surface area contributed by atoms with Gasteiger partial charge < -0.3 is 15.4 Å². The molecular formula is C20H16N4O2. The molecule has 0 atom stereocenters. The molecule has 0 aliphatic rings. The highest BCUT2D eigenvalue weighted by molar-refractivity contribution is 6.01. The van der Waals surface area contributed by atoms with Gasteiger partial charge in [0.05, 0.1) is 5.52 Å². The number of nitrogens with zero attached hydrogens (tertiary/aromatic N) is 2. The lowest BCUT2D eigenvalue weighted by Gasteiger charge is -2.11. The van der Waals surface area contributed by atoms with Gasteiger partial charge in [0.25, 0.3) is 0 Å². The number of carbonyl (C=O) groups is 1. The fourth-order valence-corrected chi connectivity index (χ4v) is 2.35. The molecule has 0 saturated heterocycles. The minimum Gasteiger partial charge on any atom is -0.481 e. The van der Waals surface area contributed by atoms with Crippen LogP contribution in [0.2, 0.25) is 0 Å². The number of amides is 1. The molecule has 2 N–H and O–H groups in total. The molecule has 0 bridgehead atoms. The van der Waals surface area contributed by atoms with Gasteiger partial charge in [-0.15, -0.1) is 6.42 Å². The van der Waals surface area contributed by atoms with E-state index in [2.05, 4.69) is 33.1 Å². The highest BCUT2D eigenvalue weighted by Gasteiger charge is 2.07. The van der Waals surface area contributed by atoms with Crippen molar-refractivity contribution < 1.29 is 9.53 Å². The summed E-state index contributed by atoms with van der Waals surface area (Å²) >= 11 is 0. The van der Waals surface area contributed by atoms with E-state index in [4.69, 9.17) is 11.2 Å². The van der Waals surface area contributed by atoms with E-state index in [1.807, 2.05) is 30.3 Å². The molecule has 0 fully saturated rings.